The number of hydrogen-bond acceptors (Lipinski definition) is 5. The normalized spacial score (nSPS) is 10.8. The van der Waals surface area contributed by atoms with Gasteiger partial charge in [0.2, 0.25) is 0 Å². The Labute approximate surface area is 150 Å². The average Bonchev–Trinajstić information content (AvgIpc) is 2.64. The average molecular weight is 356 g/mol. The first-order chi connectivity index (χ1) is 12.3. The SMILES string of the molecule is CCCOc1ccc(OCCSc2nc3ccccc3c(=O)[nH]2)cc1. The van der Waals surface area contributed by atoms with Crippen molar-refractivity contribution in [2.75, 3.05) is 19.0 Å². The smallest absolute Gasteiger partial charge is 0.259 e. The molecule has 0 spiro atoms. The second kappa shape index (κ2) is 8.58. The summed E-state index contributed by atoms with van der Waals surface area (Å²) in [6, 6.07) is 14.9. The van der Waals surface area contributed by atoms with Gasteiger partial charge in [0.15, 0.2) is 5.16 Å². The molecule has 0 atom stereocenters. The van der Waals surface area contributed by atoms with Crippen molar-refractivity contribution in [3.8, 4) is 11.5 Å². The fraction of sp³-hybridized carbons (Fsp3) is 0.263. The summed E-state index contributed by atoms with van der Waals surface area (Å²) in [4.78, 5) is 19.3. The molecular formula is C19H20N2O3S. The maximum absolute atomic E-state index is 12.0. The number of para-hydroxylation sites is 1. The number of aromatic nitrogens is 2. The summed E-state index contributed by atoms with van der Waals surface area (Å²) >= 11 is 1.47. The summed E-state index contributed by atoms with van der Waals surface area (Å²) in [5.74, 6) is 2.33. The van der Waals surface area contributed by atoms with E-state index < -0.39 is 0 Å². The van der Waals surface area contributed by atoms with Crippen LogP contribution in [0.5, 0.6) is 11.5 Å². The summed E-state index contributed by atoms with van der Waals surface area (Å²) in [7, 11) is 0. The molecule has 130 valence electrons. The van der Waals surface area contributed by atoms with E-state index in [2.05, 4.69) is 16.9 Å². The van der Waals surface area contributed by atoms with Crippen LogP contribution in [-0.4, -0.2) is 28.9 Å². The lowest BCUT2D eigenvalue weighted by Crippen LogP contribution is -2.10. The van der Waals surface area contributed by atoms with Gasteiger partial charge < -0.3 is 14.5 Å². The molecular weight excluding hydrogens is 336 g/mol. The van der Waals surface area contributed by atoms with Crippen LogP contribution in [0.2, 0.25) is 0 Å². The van der Waals surface area contributed by atoms with E-state index in [1.807, 2.05) is 42.5 Å². The Morgan fingerprint density at radius 2 is 1.68 bits per heavy atom. The van der Waals surface area contributed by atoms with E-state index in [4.69, 9.17) is 9.47 Å². The summed E-state index contributed by atoms with van der Waals surface area (Å²) in [6.07, 6.45) is 0.986. The lowest BCUT2D eigenvalue weighted by molar-refractivity contribution is 0.314. The van der Waals surface area contributed by atoms with Crippen molar-refractivity contribution in [2.45, 2.75) is 18.5 Å². The third-order valence-electron chi connectivity index (χ3n) is 3.48. The topological polar surface area (TPSA) is 64.2 Å². The number of aromatic amines is 1. The number of nitrogens with zero attached hydrogens (tertiary/aromatic N) is 1. The predicted octanol–water partition coefficient (Wildman–Crippen LogP) is 3.88. The predicted molar refractivity (Wildman–Crippen MR) is 101 cm³/mol. The van der Waals surface area contributed by atoms with Gasteiger partial charge in [0.05, 0.1) is 24.1 Å². The van der Waals surface area contributed by atoms with E-state index in [0.29, 0.717) is 35.0 Å². The number of fused-ring (bicyclic) bond motifs is 1. The van der Waals surface area contributed by atoms with Crippen LogP contribution in [0.25, 0.3) is 10.9 Å². The van der Waals surface area contributed by atoms with E-state index in [0.717, 1.165) is 17.9 Å². The van der Waals surface area contributed by atoms with E-state index in [9.17, 15) is 4.79 Å². The molecule has 25 heavy (non-hydrogen) atoms. The van der Waals surface area contributed by atoms with Gasteiger partial charge in [0.1, 0.15) is 11.5 Å². The first-order valence-corrected chi connectivity index (χ1v) is 9.22. The van der Waals surface area contributed by atoms with Gasteiger partial charge in [-0.2, -0.15) is 0 Å². The number of hydrogen-bond donors (Lipinski definition) is 1. The first kappa shape index (κ1) is 17.4. The molecule has 3 aromatic rings. The molecule has 0 saturated heterocycles. The molecule has 0 unspecified atom stereocenters. The Balaban J connectivity index is 1.51. The summed E-state index contributed by atoms with van der Waals surface area (Å²) in [5.41, 5.74) is 0.592. The molecule has 1 N–H and O–H groups in total. The van der Waals surface area contributed by atoms with Gasteiger partial charge in [-0.05, 0) is 42.8 Å². The largest absolute Gasteiger partial charge is 0.494 e. The Bertz CT molecular complexity index is 878. The molecule has 0 amide bonds. The number of nitrogens with one attached hydrogen (secondary N) is 1. The van der Waals surface area contributed by atoms with Gasteiger partial charge in [-0.3, -0.25) is 4.79 Å². The molecule has 0 radical (unpaired) electrons. The van der Waals surface area contributed by atoms with Crippen LogP contribution in [0.3, 0.4) is 0 Å². The lowest BCUT2D eigenvalue weighted by Gasteiger charge is -2.08. The molecule has 0 fully saturated rings. The van der Waals surface area contributed by atoms with E-state index in [-0.39, 0.29) is 5.56 Å². The highest BCUT2D eigenvalue weighted by Crippen LogP contribution is 2.19. The molecule has 0 saturated carbocycles. The minimum absolute atomic E-state index is 0.114. The zero-order chi connectivity index (χ0) is 17.5. The second-order valence-corrected chi connectivity index (χ2v) is 6.49. The maximum atomic E-state index is 12.0. The first-order valence-electron chi connectivity index (χ1n) is 8.24. The number of thioether (sulfide) groups is 1. The highest BCUT2D eigenvalue weighted by Gasteiger charge is 2.04. The lowest BCUT2D eigenvalue weighted by atomic mass is 10.2. The van der Waals surface area contributed by atoms with Crippen molar-refractivity contribution in [1.29, 1.82) is 0 Å². The standard InChI is InChI=1S/C19H20N2O3S/c1-2-11-23-14-7-9-15(10-8-14)24-12-13-25-19-20-17-6-4-3-5-16(17)18(22)21-19/h3-10H,2,11-13H2,1H3,(H,20,21,22). The zero-order valence-electron chi connectivity index (χ0n) is 14.0. The third-order valence-corrected chi connectivity index (χ3v) is 4.32. The minimum atomic E-state index is -0.114. The molecule has 6 heteroatoms. The molecule has 2 aromatic carbocycles. The fourth-order valence-corrected chi connectivity index (χ4v) is 2.97. The van der Waals surface area contributed by atoms with E-state index in [1.165, 1.54) is 11.8 Å². The Hall–Kier alpha value is -2.47. The Morgan fingerprint density at radius 3 is 2.40 bits per heavy atom. The number of ether oxygens (including phenoxy) is 2. The molecule has 1 aromatic heterocycles. The van der Waals surface area contributed by atoms with Gasteiger partial charge >= 0.3 is 0 Å². The number of benzene rings is 2. The quantitative estimate of drug-likeness (QED) is 0.377. The van der Waals surface area contributed by atoms with Crippen LogP contribution in [0.4, 0.5) is 0 Å². The highest BCUT2D eigenvalue weighted by atomic mass is 32.2. The monoisotopic (exact) mass is 356 g/mol. The Kier molecular flexibility index (Phi) is 5.95. The van der Waals surface area contributed by atoms with Gasteiger partial charge in [0, 0.05) is 5.75 Å². The summed E-state index contributed by atoms with van der Waals surface area (Å²) in [5, 5.41) is 1.21. The van der Waals surface area contributed by atoms with Crippen LogP contribution < -0.4 is 15.0 Å². The number of rotatable bonds is 8. The molecule has 1 heterocycles. The van der Waals surface area contributed by atoms with Gasteiger partial charge in [-0.25, -0.2) is 4.98 Å². The Morgan fingerprint density at radius 1 is 1.00 bits per heavy atom. The van der Waals surface area contributed by atoms with Crippen molar-refractivity contribution in [2.24, 2.45) is 0 Å². The van der Waals surface area contributed by atoms with Crippen molar-refractivity contribution >= 4 is 22.7 Å². The maximum Gasteiger partial charge on any atom is 0.259 e. The van der Waals surface area contributed by atoms with Crippen LogP contribution in [0.15, 0.2) is 58.5 Å². The van der Waals surface area contributed by atoms with E-state index >= 15 is 0 Å². The van der Waals surface area contributed by atoms with E-state index in [1.54, 1.807) is 6.07 Å². The highest BCUT2D eigenvalue weighted by molar-refractivity contribution is 7.99. The molecule has 5 nitrogen and oxygen atoms in total. The van der Waals surface area contributed by atoms with Crippen LogP contribution >= 0.6 is 11.8 Å². The van der Waals surface area contributed by atoms with Crippen molar-refractivity contribution in [1.82, 2.24) is 9.97 Å². The van der Waals surface area contributed by atoms with Crippen LogP contribution in [-0.2, 0) is 0 Å². The van der Waals surface area contributed by atoms with Crippen molar-refractivity contribution < 1.29 is 9.47 Å². The summed E-state index contributed by atoms with van der Waals surface area (Å²) < 4.78 is 11.2. The fourth-order valence-electron chi connectivity index (χ4n) is 2.28. The second-order valence-electron chi connectivity index (χ2n) is 5.41. The minimum Gasteiger partial charge on any atom is -0.494 e. The van der Waals surface area contributed by atoms with Gasteiger partial charge in [-0.15, -0.1) is 0 Å². The number of H-pyrrole nitrogens is 1. The molecule has 0 aliphatic heterocycles. The van der Waals surface area contributed by atoms with Crippen LogP contribution in [0, 0.1) is 0 Å². The van der Waals surface area contributed by atoms with Crippen molar-refractivity contribution in [3.63, 3.8) is 0 Å². The zero-order valence-corrected chi connectivity index (χ0v) is 14.8. The van der Waals surface area contributed by atoms with Crippen LogP contribution in [0.1, 0.15) is 13.3 Å². The summed E-state index contributed by atoms with van der Waals surface area (Å²) in [6.45, 7) is 3.32. The van der Waals surface area contributed by atoms with Gasteiger partial charge in [0.25, 0.3) is 5.56 Å². The molecule has 0 aliphatic carbocycles. The van der Waals surface area contributed by atoms with Crippen molar-refractivity contribution in [3.05, 3.63) is 58.9 Å². The molecule has 3 rings (SSSR count). The third kappa shape index (κ3) is 4.76. The molecule has 0 aliphatic rings. The molecule has 0 bridgehead atoms. The van der Waals surface area contributed by atoms with Gasteiger partial charge in [-0.1, -0.05) is 30.8 Å².